The van der Waals surface area contributed by atoms with Crippen LogP contribution >= 0.6 is 11.3 Å². The molecule has 0 saturated carbocycles. The summed E-state index contributed by atoms with van der Waals surface area (Å²) in [5.74, 6) is -0.209. The summed E-state index contributed by atoms with van der Waals surface area (Å²) in [6.07, 6.45) is 3.08. The van der Waals surface area contributed by atoms with Gasteiger partial charge in [-0.3, -0.25) is 4.79 Å². The van der Waals surface area contributed by atoms with E-state index in [1.165, 1.54) is 17.2 Å². The van der Waals surface area contributed by atoms with Crippen molar-refractivity contribution in [2.75, 3.05) is 5.32 Å². The summed E-state index contributed by atoms with van der Waals surface area (Å²) in [4.78, 5) is 15.7. The molecule has 0 spiro atoms. The zero-order valence-corrected chi connectivity index (χ0v) is 13.6. The quantitative estimate of drug-likeness (QED) is 0.694. The summed E-state index contributed by atoms with van der Waals surface area (Å²) < 4.78 is 0. The molecule has 4 heteroatoms. The number of nitrogens with one attached hydrogen (secondary N) is 1. The molecule has 0 bridgehead atoms. The number of hydrogen-bond acceptors (Lipinski definition) is 3. The van der Waals surface area contributed by atoms with Crippen LogP contribution in [0.1, 0.15) is 5.56 Å². The van der Waals surface area contributed by atoms with Gasteiger partial charge in [0, 0.05) is 22.8 Å². The lowest BCUT2D eigenvalue weighted by molar-refractivity contribution is -0.111. The molecule has 1 heterocycles. The summed E-state index contributed by atoms with van der Waals surface area (Å²) in [5, 5.41) is 5.75. The topological polar surface area (TPSA) is 42.0 Å². The normalized spacial score (nSPS) is 10.3. The van der Waals surface area contributed by atoms with E-state index in [-0.39, 0.29) is 5.91 Å². The average molecular weight is 320 g/mol. The molecule has 0 aliphatic carbocycles. The van der Waals surface area contributed by atoms with Gasteiger partial charge in [-0.1, -0.05) is 30.8 Å². The second kappa shape index (κ2) is 6.58. The number of nitrogens with zero attached hydrogens (tertiary/aromatic N) is 1. The highest BCUT2D eigenvalue weighted by molar-refractivity contribution is 7.13. The third kappa shape index (κ3) is 3.38. The van der Waals surface area contributed by atoms with Crippen LogP contribution in [-0.4, -0.2) is 10.9 Å². The number of amides is 1. The second-order valence-electron chi connectivity index (χ2n) is 5.14. The SMILES string of the molecule is C=CC(=O)Nc1ccc(-c2cc(-c3nccs3)ccc2C)cc1. The van der Waals surface area contributed by atoms with Gasteiger partial charge in [0.25, 0.3) is 0 Å². The fraction of sp³-hybridized carbons (Fsp3) is 0.0526. The molecule has 1 aromatic heterocycles. The minimum Gasteiger partial charge on any atom is -0.323 e. The molecule has 3 aromatic rings. The Morgan fingerprint density at radius 3 is 2.57 bits per heavy atom. The van der Waals surface area contributed by atoms with Crippen LogP contribution in [0, 0.1) is 6.92 Å². The third-order valence-corrected chi connectivity index (χ3v) is 4.39. The molecule has 0 saturated heterocycles. The van der Waals surface area contributed by atoms with Gasteiger partial charge in [-0.25, -0.2) is 4.98 Å². The number of carbonyl (C=O) groups is 1. The number of hydrogen-bond donors (Lipinski definition) is 1. The van der Waals surface area contributed by atoms with Crippen molar-refractivity contribution in [3.63, 3.8) is 0 Å². The minimum atomic E-state index is -0.209. The molecule has 3 nitrogen and oxygen atoms in total. The Balaban J connectivity index is 1.93. The van der Waals surface area contributed by atoms with E-state index in [1.54, 1.807) is 11.3 Å². The molecule has 114 valence electrons. The van der Waals surface area contributed by atoms with Gasteiger partial charge in [0.2, 0.25) is 5.91 Å². The van der Waals surface area contributed by atoms with Crippen LogP contribution in [0.3, 0.4) is 0 Å². The van der Waals surface area contributed by atoms with E-state index in [1.807, 2.05) is 35.8 Å². The number of carbonyl (C=O) groups excluding carboxylic acids is 1. The number of thiazole rings is 1. The number of rotatable bonds is 4. The van der Waals surface area contributed by atoms with Crippen molar-refractivity contribution in [2.24, 2.45) is 0 Å². The fourth-order valence-electron chi connectivity index (χ4n) is 2.36. The van der Waals surface area contributed by atoms with Gasteiger partial charge < -0.3 is 5.32 Å². The van der Waals surface area contributed by atoms with Crippen LogP contribution < -0.4 is 5.32 Å². The van der Waals surface area contributed by atoms with Crippen LogP contribution in [0.5, 0.6) is 0 Å². The Kier molecular flexibility index (Phi) is 4.35. The number of benzene rings is 2. The van der Waals surface area contributed by atoms with Gasteiger partial charge in [-0.2, -0.15) is 0 Å². The average Bonchev–Trinajstić information content (AvgIpc) is 3.10. The number of aryl methyl sites for hydroxylation is 1. The minimum absolute atomic E-state index is 0.209. The Morgan fingerprint density at radius 2 is 1.91 bits per heavy atom. The van der Waals surface area contributed by atoms with E-state index in [4.69, 9.17) is 0 Å². The number of anilines is 1. The maximum absolute atomic E-state index is 11.3. The van der Waals surface area contributed by atoms with Gasteiger partial charge in [0.15, 0.2) is 0 Å². The molecular weight excluding hydrogens is 304 g/mol. The first-order chi connectivity index (χ1) is 11.2. The van der Waals surface area contributed by atoms with E-state index in [0.29, 0.717) is 0 Å². The Hall–Kier alpha value is -2.72. The zero-order valence-electron chi connectivity index (χ0n) is 12.7. The Bertz CT molecular complexity index is 836. The summed E-state index contributed by atoms with van der Waals surface area (Å²) in [5.41, 5.74) is 5.35. The highest BCUT2D eigenvalue weighted by Crippen LogP contribution is 2.30. The molecule has 0 aliphatic rings. The molecular formula is C19H16N2OS. The Labute approximate surface area is 139 Å². The lowest BCUT2D eigenvalue weighted by atomic mass is 9.98. The molecule has 0 fully saturated rings. The van der Waals surface area contributed by atoms with Crippen molar-refractivity contribution in [2.45, 2.75) is 6.92 Å². The first kappa shape index (κ1) is 15.2. The van der Waals surface area contributed by atoms with Crippen molar-refractivity contribution in [3.8, 4) is 21.7 Å². The summed E-state index contributed by atoms with van der Waals surface area (Å²) in [6, 6.07) is 14.2. The smallest absolute Gasteiger partial charge is 0.247 e. The molecule has 23 heavy (non-hydrogen) atoms. The highest BCUT2D eigenvalue weighted by Gasteiger charge is 2.07. The lowest BCUT2D eigenvalue weighted by Crippen LogP contribution is -2.06. The van der Waals surface area contributed by atoms with E-state index >= 15 is 0 Å². The van der Waals surface area contributed by atoms with Crippen LogP contribution in [0.15, 0.2) is 66.7 Å². The van der Waals surface area contributed by atoms with Gasteiger partial charge >= 0.3 is 0 Å². The molecule has 3 rings (SSSR count). The standard InChI is InChI=1S/C19H16N2OS/c1-3-18(22)21-16-8-6-14(7-9-16)17-12-15(5-4-13(17)2)19-20-10-11-23-19/h3-12H,1H2,2H3,(H,21,22). The van der Waals surface area contributed by atoms with Gasteiger partial charge in [-0.15, -0.1) is 11.3 Å². The number of aromatic nitrogens is 1. The largest absolute Gasteiger partial charge is 0.323 e. The van der Waals surface area contributed by atoms with Gasteiger partial charge in [0.05, 0.1) is 0 Å². The van der Waals surface area contributed by atoms with Gasteiger partial charge in [-0.05, 0) is 47.9 Å². The maximum Gasteiger partial charge on any atom is 0.247 e. The predicted molar refractivity (Wildman–Crippen MR) is 96.5 cm³/mol. The zero-order chi connectivity index (χ0) is 16.2. The lowest BCUT2D eigenvalue weighted by Gasteiger charge is -2.09. The van der Waals surface area contributed by atoms with Crippen molar-refractivity contribution in [1.29, 1.82) is 0 Å². The molecule has 0 radical (unpaired) electrons. The van der Waals surface area contributed by atoms with Crippen LogP contribution in [0.2, 0.25) is 0 Å². The van der Waals surface area contributed by atoms with E-state index in [2.05, 4.69) is 42.0 Å². The van der Waals surface area contributed by atoms with Crippen molar-refractivity contribution >= 4 is 22.9 Å². The molecule has 1 N–H and O–H groups in total. The summed E-state index contributed by atoms with van der Waals surface area (Å²) in [6.45, 7) is 5.54. The highest BCUT2D eigenvalue weighted by atomic mass is 32.1. The summed E-state index contributed by atoms with van der Waals surface area (Å²) in [7, 11) is 0. The first-order valence-electron chi connectivity index (χ1n) is 7.22. The molecule has 0 atom stereocenters. The van der Waals surface area contributed by atoms with Crippen LogP contribution in [0.25, 0.3) is 21.7 Å². The van der Waals surface area contributed by atoms with Gasteiger partial charge in [0.1, 0.15) is 5.01 Å². The van der Waals surface area contributed by atoms with Crippen molar-refractivity contribution < 1.29 is 4.79 Å². The Morgan fingerprint density at radius 1 is 1.17 bits per heavy atom. The first-order valence-corrected chi connectivity index (χ1v) is 8.10. The van der Waals surface area contributed by atoms with Crippen LogP contribution in [-0.2, 0) is 4.79 Å². The monoisotopic (exact) mass is 320 g/mol. The molecule has 1 amide bonds. The van der Waals surface area contributed by atoms with Crippen LogP contribution in [0.4, 0.5) is 5.69 Å². The fourth-order valence-corrected chi connectivity index (χ4v) is 2.99. The molecule has 0 unspecified atom stereocenters. The maximum atomic E-state index is 11.3. The summed E-state index contributed by atoms with van der Waals surface area (Å²) >= 11 is 1.63. The van der Waals surface area contributed by atoms with E-state index in [9.17, 15) is 4.79 Å². The third-order valence-electron chi connectivity index (χ3n) is 3.57. The van der Waals surface area contributed by atoms with E-state index in [0.717, 1.165) is 21.8 Å². The van der Waals surface area contributed by atoms with Crippen molar-refractivity contribution in [3.05, 3.63) is 72.3 Å². The molecule has 2 aromatic carbocycles. The molecule has 0 aliphatic heterocycles. The van der Waals surface area contributed by atoms with Crippen molar-refractivity contribution in [1.82, 2.24) is 4.98 Å². The second-order valence-corrected chi connectivity index (χ2v) is 6.03. The predicted octanol–water partition coefficient (Wildman–Crippen LogP) is 4.91. The van der Waals surface area contributed by atoms with E-state index < -0.39 is 0 Å².